The van der Waals surface area contributed by atoms with Crippen LogP contribution >= 0.6 is 15.9 Å². The summed E-state index contributed by atoms with van der Waals surface area (Å²) in [5.74, 6) is 0. The fourth-order valence-electron chi connectivity index (χ4n) is 1.50. The lowest BCUT2D eigenvalue weighted by molar-refractivity contribution is 0.422. The van der Waals surface area contributed by atoms with Crippen molar-refractivity contribution in [1.82, 2.24) is 15.6 Å². The first kappa shape index (κ1) is 9.12. The van der Waals surface area contributed by atoms with E-state index in [0.29, 0.717) is 6.04 Å². The molecule has 2 N–H and O–H groups in total. The number of aromatic nitrogens is 1. The third kappa shape index (κ3) is 2.07. The average molecular weight is 242 g/mol. The summed E-state index contributed by atoms with van der Waals surface area (Å²) in [5.41, 5.74) is 1.09. The molecule has 13 heavy (non-hydrogen) atoms. The summed E-state index contributed by atoms with van der Waals surface area (Å²) >= 11 is 3.50. The van der Waals surface area contributed by atoms with Gasteiger partial charge in [-0.2, -0.15) is 0 Å². The number of hydrogen-bond acceptors (Lipinski definition) is 3. The van der Waals surface area contributed by atoms with Crippen LogP contribution in [-0.4, -0.2) is 24.6 Å². The highest BCUT2D eigenvalue weighted by Gasteiger charge is 2.17. The van der Waals surface area contributed by atoms with Crippen molar-refractivity contribution in [1.29, 1.82) is 0 Å². The van der Waals surface area contributed by atoms with E-state index >= 15 is 0 Å². The summed E-state index contributed by atoms with van der Waals surface area (Å²) < 4.78 is 1.08. The van der Waals surface area contributed by atoms with Crippen molar-refractivity contribution in [3.05, 3.63) is 28.5 Å². The normalized spacial score (nSPS) is 23.0. The Bertz CT molecular complexity index is 284. The summed E-state index contributed by atoms with van der Waals surface area (Å²) in [5, 5.41) is 6.76. The second-order valence-corrected chi connectivity index (χ2v) is 3.94. The number of nitrogens with one attached hydrogen (secondary N) is 2. The highest BCUT2D eigenvalue weighted by Crippen LogP contribution is 2.20. The number of halogens is 1. The molecule has 2 rings (SSSR count). The Morgan fingerprint density at radius 3 is 3.08 bits per heavy atom. The van der Waals surface area contributed by atoms with E-state index in [-0.39, 0.29) is 0 Å². The van der Waals surface area contributed by atoms with Crippen molar-refractivity contribution < 1.29 is 0 Å². The van der Waals surface area contributed by atoms with Gasteiger partial charge in [0.15, 0.2) is 0 Å². The molecule has 1 atom stereocenters. The van der Waals surface area contributed by atoms with Crippen molar-refractivity contribution in [2.45, 2.75) is 6.04 Å². The maximum absolute atomic E-state index is 4.35. The fraction of sp³-hybridized carbons (Fsp3) is 0.444. The summed E-state index contributed by atoms with van der Waals surface area (Å²) in [4.78, 5) is 4.35. The molecule has 4 heteroatoms. The van der Waals surface area contributed by atoms with Crippen molar-refractivity contribution in [2.24, 2.45) is 0 Å². The van der Waals surface area contributed by atoms with Crippen molar-refractivity contribution >= 4 is 15.9 Å². The van der Waals surface area contributed by atoms with E-state index in [1.807, 2.05) is 18.3 Å². The maximum atomic E-state index is 4.35. The fourth-order valence-corrected chi connectivity index (χ4v) is 2.03. The van der Waals surface area contributed by atoms with Crippen LogP contribution in [0.1, 0.15) is 11.7 Å². The van der Waals surface area contributed by atoms with Crippen LogP contribution < -0.4 is 10.6 Å². The van der Waals surface area contributed by atoms with E-state index in [1.165, 1.54) is 0 Å². The zero-order valence-corrected chi connectivity index (χ0v) is 8.84. The molecule has 1 aliphatic heterocycles. The Morgan fingerprint density at radius 2 is 2.38 bits per heavy atom. The van der Waals surface area contributed by atoms with Crippen molar-refractivity contribution in [2.75, 3.05) is 19.6 Å². The second-order valence-electron chi connectivity index (χ2n) is 3.08. The second kappa shape index (κ2) is 4.17. The lowest BCUT2D eigenvalue weighted by Gasteiger charge is -2.24. The summed E-state index contributed by atoms with van der Waals surface area (Å²) in [6, 6.07) is 4.30. The average Bonchev–Trinajstić information content (AvgIpc) is 2.20. The van der Waals surface area contributed by atoms with Gasteiger partial charge in [-0.3, -0.25) is 4.98 Å². The van der Waals surface area contributed by atoms with E-state index < -0.39 is 0 Å². The predicted molar refractivity (Wildman–Crippen MR) is 55.6 cm³/mol. The molecule has 2 heterocycles. The van der Waals surface area contributed by atoms with Gasteiger partial charge in [-0.1, -0.05) is 0 Å². The zero-order chi connectivity index (χ0) is 9.10. The molecule has 1 unspecified atom stereocenters. The molecule has 1 aliphatic rings. The van der Waals surface area contributed by atoms with E-state index in [1.54, 1.807) is 0 Å². The molecule has 0 spiro atoms. The van der Waals surface area contributed by atoms with Crippen LogP contribution in [0, 0.1) is 0 Å². The summed E-state index contributed by atoms with van der Waals surface area (Å²) in [6.07, 6.45) is 1.83. The van der Waals surface area contributed by atoms with Crippen LogP contribution in [0.15, 0.2) is 22.8 Å². The Labute approximate surface area is 86.1 Å². The molecular weight excluding hydrogens is 230 g/mol. The van der Waals surface area contributed by atoms with Crippen LogP contribution in [0.4, 0.5) is 0 Å². The van der Waals surface area contributed by atoms with Gasteiger partial charge in [-0.15, -0.1) is 0 Å². The highest BCUT2D eigenvalue weighted by molar-refractivity contribution is 9.10. The summed E-state index contributed by atoms with van der Waals surface area (Å²) in [7, 11) is 0. The molecule has 0 aromatic carbocycles. The lowest BCUT2D eigenvalue weighted by Crippen LogP contribution is -2.43. The SMILES string of the molecule is Brc1cccnc1C1CNCCN1. The smallest absolute Gasteiger partial charge is 0.0727 e. The molecule has 1 saturated heterocycles. The molecule has 1 fully saturated rings. The lowest BCUT2D eigenvalue weighted by atomic mass is 10.1. The Kier molecular flexibility index (Phi) is 2.93. The van der Waals surface area contributed by atoms with Crippen LogP contribution in [0.5, 0.6) is 0 Å². The van der Waals surface area contributed by atoms with E-state index in [0.717, 1.165) is 29.8 Å². The van der Waals surface area contributed by atoms with Crippen LogP contribution in [0.2, 0.25) is 0 Å². The van der Waals surface area contributed by atoms with Crippen molar-refractivity contribution in [3.63, 3.8) is 0 Å². The first-order chi connectivity index (χ1) is 6.38. The minimum Gasteiger partial charge on any atom is -0.314 e. The quantitative estimate of drug-likeness (QED) is 0.773. The minimum atomic E-state index is 0.337. The first-order valence-electron chi connectivity index (χ1n) is 4.42. The molecule has 3 nitrogen and oxygen atoms in total. The van der Waals surface area contributed by atoms with Gasteiger partial charge < -0.3 is 10.6 Å². The number of piperazine rings is 1. The first-order valence-corrected chi connectivity index (χ1v) is 5.22. The van der Waals surface area contributed by atoms with Gasteiger partial charge in [0.2, 0.25) is 0 Å². The molecule has 1 aromatic heterocycles. The molecule has 0 saturated carbocycles. The van der Waals surface area contributed by atoms with Gasteiger partial charge in [-0.25, -0.2) is 0 Å². The van der Waals surface area contributed by atoms with Crippen LogP contribution in [0.25, 0.3) is 0 Å². The Hall–Kier alpha value is -0.450. The number of nitrogens with zero attached hydrogens (tertiary/aromatic N) is 1. The monoisotopic (exact) mass is 241 g/mol. The summed E-state index contributed by atoms with van der Waals surface area (Å²) in [6.45, 7) is 3.00. The van der Waals surface area contributed by atoms with E-state index in [4.69, 9.17) is 0 Å². The maximum Gasteiger partial charge on any atom is 0.0727 e. The molecule has 0 aliphatic carbocycles. The molecule has 70 valence electrons. The highest BCUT2D eigenvalue weighted by atomic mass is 79.9. The van der Waals surface area contributed by atoms with Crippen LogP contribution in [0.3, 0.4) is 0 Å². The molecule has 1 aromatic rings. The minimum absolute atomic E-state index is 0.337. The van der Waals surface area contributed by atoms with Gasteiger partial charge in [0, 0.05) is 30.3 Å². The van der Waals surface area contributed by atoms with Gasteiger partial charge in [0.05, 0.1) is 11.7 Å². The van der Waals surface area contributed by atoms with E-state index in [2.05, 4.69) is 31.5 Å². The van der Waals surface area contributed by atoms with Crippen LogP contribution in [-0.2, 0) is 0 Å². The molecule has 0 bridgehead atoms. The zero-order valence-electron chi connectivity index (χ0n) is 7.26. The standard InChI is InChI=1S/C9H12BrN3/c10-7-2-1-3-13-9(7)8-6-11-4-5-12-8/h1-3,8,11-12H,4-6H2. The molecule has 0 radical (unpaired) electrons. The van der Waals surface area contributed by atoms with Crippen molar-refractivity contribution in [3.8, 4) is 0 Å². The largest absolute Gasteiger partial charge is 0.314 e. The van der Waals surface area contributed by atoms with Gasteiger partial charge >= 0.3 is 0 Å². The number of pyridine rings is 1. The Balaban J connectivity index is 2.18. The van der Waals surface area contributed by atoms with E-state index in [9.17, 15) is 0 Å². The third-order valence-corrected chi connectivity index (χ3v) is 2.83. The topological polar surface area (TPSA) is 37.0 Å². The van der Waals surface area contributed by atoms with Gasteiger partial charge in [-0.05, 0) is 28.1 Å². The predicted octanol–water partition coefficient (Wildman–Crippen LogP) is 1.08. The van der Waals surface area contributed by atoms with Gasteiger partial charge in [0.25, 0.3) is 0 Å². The Morgan fingerprint density at radius 1 is 1.46 bits per heavy atom. The third-order valence-electron chi connectivity index (χ3n) is 2.16. The molecule has 0 amide bonds. The molecular formula is C9H12BrN3. The van der Waals surface area contributed by atoms with Gasteiger partial charge in [0.1, 0.15) is 0 Å². The number of rotatable bonds is 1. The number of hydrogen-bond donors (Lipinski definition) is 2.